The van der Waals surface area contributed by atoms with E-state index in [2.05, 4.69) is 20.8 Å². The van der Waals surface area contributed by atoms with Gasteiger partial charge >= 0.3 is 13.8 Å². The van der Waals surface area contributed by atoms with Gasteiger partial charge in [0.2, 0.25) is 0 Å². The second-order valence-corrected chi connectivity index (χ2v) is 14.6. The molecule has 9 heteroatoms. The molecule has 0 atom stereocenters. The van der Waals surface area contributed by atoms with Crippen molar-refractivity contribution in [2.45, 2.75) is 194 Å². The minimum absolute atomic E-state index is 0.0207. The zero-order valence-electron chi connectivity index (χ0n) is 30.6. The fraction of sp³-hybridized carbons (Fsp3) is 0.973. The van der Waals surface area contributed by atoms with Gasteiger partial charge in [-0.3, -0.25) is 18.4 Å². The van der Waals surface area contributed by atoms with E-state index in [1.165, 1.54) is 83.5 Å². The van der Waals surface area contributed by atoms with Gasteiger partial charge in [-0.25, -0.2) is 4.57 Å². The first kappa shape index (κ1) is 45.5. The molecule has 0 aliphatic heterocycles. The lowest BCUT2D eigenvalue weighted by molar-refractivity contribution is -0.192. The lowest BCUT2D eigenvalue weighted by atomic mass is 10.1. The van der Waals surface area contributed by atoms with Crippen molar-refractivity contribution in [3.05, 3.63) is 0 Å². The molecule has 0 aromatic carbocycles. The summed E-state index contributed by atoms with van der Waals surface area (Å²) < 4.78 is 30.6. The van der Waals surface area contributed by atoms with Gasteiger partial charge in [0, 0.05) is 13.0 Å². The predicted octanol–water partition coefficient (Wildman–Crippen LogP) is 11.5. The van der Waals surface area contributed by atoms with Crippen LogP contribution in [0.5, 0.6) is 0 Å². The first-order valence-corrected chi connectivity index (χ1v) is 21.1. The van der Waals surface area contributed by atoms with Gasteiger partial charge in [0.25, 0.3) is 0 Å². The molecule has 276 valence electrons. The number of hydrogen-bond donors (Lipinski definition) is 1. The number of unbranched alkanes of at least 4 members (excludes halogenated alkanes) is 22. The number of carbonyl (C=O) groups excluding carboxylic acids is 1. The second kappa shape index (κ2) is 35.8. The molecule has 0 rings (SSSR count). The summed E-state index contributed by atoms with van der Waals surface area (Å²) in [5.41, 5.74) is 0. The fourth-order valence-electron chi connectivity index (χ4n) is 5.41. The number of rotatable bonds is 38. The van der Waals surface area contributed by atoms with Crippen molar-refractivity contribution < 1.29 is 32.9 Å². The van der Waals surface area contributed by atoms with E-state index in [-0.39, 0.29) is 12.6 Å². The molecular weight excluding hydrogens is 601 g/mol. The van der Waals surface area contributed by atoms with E-state index in [4.69, 9.17) is 18.4 Å². The smallest absolute Gasteiger partial charge is 0.395 e. The molecule has 0 aromatic heterocycles. The molecule has 0 radical (unpaired) electrons. The molecule has 0 fully saturated rings. The minimum Gasteiger partial charge on any atom is -0.395 e. The summed E-state index contributed by atoms with van der Waals surface area (Å²) in [4.78, 5) is 17.6. The quantitative estimate of drug-likeness (QED) is 0.0392. The molecule has 46 heavy (non-hydrogen) atoms. The number of hydroxylamine groups is 2. The van der Waals surface area contributed by atoms with E-state index in [0.717, 1.165) is 83.5 Å². The predicted molar refractivity (Wildman–Crippen MR) is 192 cm³/mol. The van der Waals surface area contributed by atoms with Gasteiger partial charge < -0.3 is 9.94 Å². The first-order valence-electron chi connectivity index (χ1n) is 19.6. The zero-order valence-corrected chi connectivity index (χ0v) is 31.5. The van der Waals surface area contributed by atoms with Crippen molar-refractivity contribution in [1.29, 1.82) is 0 Å². The van der Waals surface area contributed by atoms with Crippen molar-refractivity contribution in [2.24, 2.45) is 0 Å². The van der Waals surface area contributed by atoms with Crippen molar-refractivity contribution >= 4 is 13.8 Å². The number of carbonyl (C=O) groups is 1. The summed E-state index contributed by atoms with van der Waals surface area (Å²) in [6.07, 6.45) is 29.7. The molecule has 0 aliphatic rings. The Hall–Kier alpha value is -0.500. The lowest BCUT2D eigenvalue weighted by Crippen LogP contribution is -2.31. The number of hydrogen-bond acceptors (Lipinski definition) is 8. The highest BCUT2D eigenvalue weighted by atomic mass is 31.2. The van der Waals surface area contributed by atoms with E-state index < -0.39 is 7.82 Å². The van der Waals surface area contributed by atoms with Crippen LogP contribution in [-0.2, 0) is 27.8 Å². The van der Waals surface area contributed by atoms with Crippen LogP contribution in [0.2, 0.25) is 0 Å². The van der Waals surface area contributed by atoms with Crippen LogP contribution in [0, 0.1) is 0 Å². The minimum atomic E-state index is -3.52. The van der Waals surface area contributed by atoms with Crippen molar-refractivity contribution in [3.63, 3.8) is 0 Å². The Morgan fingerprint density at radius 2 is 0.848 bits per heavy atom. The van der Waals surface area contributed by atoms with Crippen LogP contribution >= 0.6 is 7.82 Å². The van der Waals surface area contributed by atoms with Gasteiger partial charge in [0.05, 0.1) is 33.0 Å². The van der Waals surface area contributed by atoms with Gasteiger partial charge in [-0.2, -0.15) is 0 Å². The van der Waals surface area contributed by atoms with Crippen LogP contribution in [0.4, 0.5) is 0 Å². The van der Waals surface area contributed by atoms with Gasteiger partial charge in [0.1, 0.15) is 0 Å². The van der Waals surface area contributed by atoms with Gasteiger partial charge in [0.15, 0.2) is 0 Å². The Morgan fingerprint density at radius 1 is 0.500 bits per heavy atom. The highest BCUT2D eigenvalue weighted by molar-refractivity contribution is 7.48. The summed E-state index contributed by atoms with van der Waals surface area (Å²) >= 11 is 0. The molecule has 0 heterocycles. The molecule has 0 unspecified atom stereocenters. The molecule has 0 saturated carbocycles. The first-order chi connectivity index (χ1) is 22.5. The van der Waals surface area contributed by atoms with Crippen LogP contribution in [0.1, 0.15) is 194 Å². The highest BCUT2D eigenvalue weighted by Crippen LogP contribution is 2.50. The van der Waals surface area contributed by atoms with Crippen molar-refractivity contribution in [2.75, 3.05) is 39.5 Å². The maximum absolute atomic E-state index is 13.3. The van der Waals surface area contributed by atoms with E-state index in [1.807, 2.05) is 0 Å². The molecule has 0 amide bonds. The average molecular weight is 678 g/mol. The summed E-state index contributed by atoms with van der Waals surface area (Å²) in [5.74, 6) is -0.192. The van der Waals surface area contributed by atoms with E-state index in [0.29, 0.717) is 39.3 Å². The number of phosphoric ester groups is 1. The molecule has 0 saturated heterocycles. The average Bonchev–Trinajstić information content (AvgIpc) is 3.04. The summed E-state index contributed by atoms with van der Waals surface area (Å²) in [7, 11) is -3.52. The molecule has 8 nitrogen and oxygen atoms in total. The zero-order chi connectivity index (χ0) is 33.8. The maximum Gasteiger partial charge on any atom is 0.474 e. The normalized spacial score (nSPS) is 11.9. The van der Waals surface area contributed by atoms with Crippen LogP contribution in [-0.4, -0.2) is 55.7 Å². The molecule has 1 N–H and O–H groups in total. The molecular formula is C37H76NO7P. The monoisotopic (exact) mass is 678 g/mol. The van der Waals surface area contributed by atoms with E-state index >= 15 is 0 Å². The number of nitrogens with zero attached hydrogens (tertiary/aromatic N) is 1. The molecule has 0 spiro atoms. The molecule has 0 aromatic rings. The SMILES string of the molecule is CCCCCCCCCOP(=O)(OCCCCCCCCC)OCCCCCCCCCN(CCO)OC(=O)CCCCCCC. The van der Waals surface area contributed by atoms with Gasteiger partial charge in [-0.15, -0.1) is 5.06 Å². The van der Waals surface area contributed by atoms with Gasteiger partial charge in [-0.05, 0) is 32.1 Å². The summed E-state index contributed by atoms with van der Waals surface area (Å²) in [5, 5.41) is 11.0. The molecule has 0 bridgehead atoms. The second-order valence-electron chi connectivity index (χ2n) is 12.9. The largest absolute Gasteiger partial charge is 0.474 e. The van der Waals surface area contributed by atoms with Crippen LogP contribution in [0.15, 0.2) is 0 Å². The third-order valence-corrected chi connectivity index (χ3v) is 9.86. The Bertz CT molecular complexity index is 658. The fourth-order valence-corrected chi connectivity index (χ4v) is 6.69. The number of aliphatic hydroxyl groups excluding tert-OH is 1. The lowest BCUT2D eigenvalue weighted by Gasteiger charge is -2.20. The third kappa shape index (κ3) is 32.1. The van der Waals surface area contributed by atoms with E-state index in [9.17, 15) is 14.5 Å². The molecule has 0 aliphatic carbocycles. The highest BCUT2D eigenvalue weighted by Gasteiger charge is 2.26. The Balaban J connectivity index is 4.16. The number of aliphatic hydroxyl groups is 1. The Kier molecular flexibility index (Phi) is 35.4. The standard InChI is InChI=1S/C37H76NO7P/c1-4-7-10-13-17-22-27-34-42-46(41,43-35-28-23-18-14-11-8-5-2)44-36-29-24-19-15-16-21-26-31-38(32-33-39)45-37(40)30-25-20-12-9-6-3/h39H,4-36H2,1-3H3. The summed E-state index contributed by atoms with van der Waals surface area (Å²) in [6.45, 7) is 8.88. The number of phosphoric acid groups is 1. The Morgan fingerprint density at radius 3 is 1.24 bits per heavy atom. The van der Waals surface area contributed by atoms with Crippen molar-refractivity contribution in [1.82, 2.24) is 5.06 Å². The summed E-state index contributed by atoms with van der Waals surface area (Å²) in [6, 6.07) is 0. The Labute approximate surface area is 285 Å². The van der Waals surface area contributed by atoms with Gasteiger partial charge in [-0.1, -0.05) is 156 Å². The van der Waals surface area contributed by atoms with Crippen LogP contribution in [0.3, 0.4) is 0 Å². The van der Waals surface area contributed by atoms with E-state index in [1.54, 1.807) is 5.06 Å². The van der Waals surface area contributed by atoms with Crippen LogP contribution in [0.25, 0.3) is 0 Å². The van der Waals surface area contributed by atoms with Crippen molar-refractivity contribution in [3.8, 4) is 0 Å². The van der Waals surface area contributed by atoms with Crippen LogP contribution < -0.4 is 0 Å². The topological polar surface area (TPSA) is 94.5 Å². The maximum atomic E-state index is 13.3. The third-order valence-electron chi connectivity index (χ3n) is 8.36.